The van der Waals surface area contributed by atoms with Gasteiger partial charge in [-0.15, -0.1) is 0 Å². The topological polar surface area (TPSA) is 52.6 Å². The molecule has 0 saturated carbocycles. The van der Waals surface area contributed by atoms with Crippen molar-refractivity contribution in [2.45, 2.75) is 59.8 Å². The normalized spacial score (nSPS) is 10.7. The average molecular weight is 244 g/mol. The zero-order valence-corrected chi connectivity index (χ0v) is 11.3. The van der Waals surface area contributed by atoms with Crippen LogP contribution in [-0.4, -0.2) is 11.9 Å². The van der Waals surface area contributed by atoms with Crippen LogP contribution in [0.5, 0.6) is 0 Å². The zero-order chi connectivity index (χ0) is 13.3. The molecule has 4 nitrogen and oxygen atoms in total. The van der Waals surface area contributed by atoms with E-state index in [1.807, 2.05) is 0 Å². The van der Waals surface area contributed by atoms with Gasteiger partial charge in [0.25, 0.3) is 0 Å². The molecule has 0 N–H and O–H groups in total. The molecule has 0 aromatic heterocycles. The van der Waals surface area contributed by atoms with Crippen LogP contribution in [0, 0.1) is 11.8 Å². The molecule has 0 atom stereocenters. The lowest BCUT2D eigenvalue weighted by Gasteiger charge is -2.05. The number of rotatable bonds is 7. The second kappa shape index (κ2) is 9.02. The summed E-state index contributed by atoms with van der Waals surface area (Å²) >= 11 is 0. The molecule has 0 rings (SSSR count). The molecule has 0 unspecified atom stereocenters. The van der Waals surface area contributed by atoms with Gasteiger partial charge >= 0.3 is 11.9 Å². The van der Waals surface area contributed by atoms with E-state index in [-0.39, 0.29) is 5.92 Å². The predicted molar refractivity (Wildman–Crippen MR) is 64.9 cm³/mol. The standard InChI is InChI=1S/C13H24O4/c1-10(2)8-6-5-7-9-12(14)16-17-13(15)11(3)4/h10-11H,5-9H2,1-4H3. The molecule has 0 aliphatic carbocycles. The summed E-state index contributed by atoms with van der Waals surface area (Å²) in [5, 5.41) is 0. The maximum atomic E-state index is 11.2. The van der Waals surface area contributed by atoms with Gasteiger partial charge in [0.2, 0.25) is 0 Å². The fraction of sp³-hybridized carbons (Fsp3) is 0.846. The largest absolute Gasteiger partial charge is 0.358 e. The first-order chi connectivity index (χ1) is 7.93. The van der Waals surface area contributed by atoms with Gasteiger partial charge in [0.05, 0.1) is 12.3 Å². The van der Waals surface area contributed by atoms with Crippen LogP contribution in [0.25, 0.3) is 0 Å². The van der Waals surface area contributed by atoms with Crippen LogP contribution in [0.4, 0.5) is 0 Å². The molecule has 0 radical (unpaired) electrons. The van der Waals surface area contributed by atoms with Gasteiger partial charge in [-0.2, -0.15) is 0 Å². The first kappa shape index (κ1) is 15.9. The monoisotopic (exact) mass is 244 g/mol. The Morgan fingerprint density at radius 2 is 1.59 bits per heavy atom. The van der Waals surface area contributed by atoms with E-state index < -0.39 is 11.9 Å². The van der Waals surface area contributed by atoms with Gasteiger partial charge in [0.15, 0.2) is 0 Å². The Morgan fingerprint density at radius 1 is 0.941 bits per heavy atom. The van der Waals surface area contributed by atoms with E-state index in [4.69, 9.17) is 0 Å². The molecule has 0 aliphatic rings. The minimum absolute atomic E-state index is 0.283. The summed E-state index contributed by atoms with van der Waals surface area (Å²) in [7, 11) is 0. The summed E-state index contributed by atoms with van der Waals surface area (Å²) in [5.74, 6) is -0.565. The zero-order valence-electron chi connectivity index (χ0n) is 11.3. The van der Waals surface area contributed by atoms with Crippen LogP contribution in [0.15, 0.2) is 0 Å². The number of carbonyl (C=O) groups is 2. The molecule has 0 bridgehead atoms. The third-order valence-corrected chi connectivity index (χ3v) is 2.35. The molecule has 4 heteroatoms. The highest BCUT2D eigenvalue weighted by atomic mass is 17.2. The molecule has 0 aliphatic heterocycles. The van der Waals surface area contributed by atoms with Gasteiger partial charge < -0.3 is 0 Å². The summed E-state index contributed by atoms with van der Waals surface area (Å²) in [5.41, 5.74) is 0. The Kier molecular flexibility index (Phi) is 8.46. The van der Waals surface area contributed by atoms with Crippen LogP contribution < -0.4 is 0 Å². The molecular formula is C13H24O4. The van der Waals surface area contributed by atoms with Crippen LogP contribution in [-0.2, 0) is 19.4 Å². The molecular weight excluding hydrogens is 220 g/mol. The summed E-state index contributed by atoms with van der Waals surface area (Å²) in [6, 6.07) is 0. The summed E-state index contributed by atoms with van der Waals surface area (Å²) in [6.07, 6.45) is 4.40. The minimum atomic E-state index is -0.516. The van der Waals surface area contributed by atoms with Gasteiger partial charge in [0, 0.05) is 0 Å². The number of carbonyl (C=O) groups excluding carboxylic acids is 2. The fourth-order valence-electron chi connectivity index (χ4n) is 1.22. The molecule has 0 spiro atoms. The lowest BCUT2D eigenvalue weighted by Crippen LogP contribution is -2.15. The van der Waals surface area contributed by atoms with E-state index in [0.717, 1.165) is 19.3 Å². The van der Waals surface area contributed by atoms with E-state index in [2.05, 4.69) is 23.6 Å². The molecule has 0 heterocycles. The number of hydrogen-bond donors (Lipinski definition) is 0. The van der Waals surface area contributed by atoms with Gasteiger partial charge in [-0.25, -0.2) is 19.4 Å². The van der Waals surface area contributed by atoms with Crippen molar-refractivity contribution in [2.24, 2.45) is 11.8 Å². The van der Waals surface area contributed by atoms with Crippen molar-refractivity contribution >= 4 is 11.9 Å². The summed E-state index contributed by atoms with van der Waals surface area (Å²) in [6.45, 7) is 7.73. The molecule has 0 aromatic carbocycles. The third kappa shape index (κ3) is 9.85. The fourth-order valence-corrected chi connectivity index (χ4v) is 1.22. The summed E-state index contributed by atoms with van der Waals surface area (Å²) < 4.78 is 0. The predicted octanol–water partition coefficient (Wildman–Crippen LogP) is 3.25. The van der Waals surface area contributed by atoms with E-state index in [1.165, 1.54) is 6.42 Å². The Morgan fingerprint density at radius 3 is 2.12 bits per heavy atom. The van der Waals surface area contributed by atoms with Crippen molar-refractivity contribution in [3.05, 3.63) is 0 Å². The van der Waals surface area contributed by atoms with Crippen molar-refractivity contribution in [1.82, 2.24) is 0 Å². The average Bonchev–Trinajstić information content (AvgIpc) is 2.24. The SMILES string of the molecule is CC(C)CCCCCC(=O)OOC(=O)C(C)C. The Balaban J connectivity index is 3.44. The molecule has 17 heavy (non-hydrogen) atoms. The van der Waals surface area contributed by atoms with Crippen LogP contribution in [0.1, 0.15) is 59.8 Å². The highest BCUT2D eigenvalue weighted by molar-refractivity contribution is 5.73. The molecule has 0 saturated heterocycles. The first-order valence-electron chi connectivity index (χ1n) is 6.34. The quantitative estimate of drug-likeness (QED) is 0.392. The van der Waals surface area contributed by atoms with Crippen molar-refractivity contribution < 1.29 is 19.4 Å². The first-order valence-corrected chi connectivity index (χ1v) is 6.34. The smallest absolute Gasteiger partial charge is 0.247 e. The Bertz CT molecular complexity index is 234. The lowest BCUT2D eigenvalue weighted by atomic mass is 10.0. The van der Waals surface area contributed by atoms with E-state index in [9.17, 15) is 9.59 Å². The van der Waals surface area contributed by atoms with Gasteiger partial charge in [-0.3, -0.25) is 0 Å². The van der Waals surface area contributed by atoms with Crippen LogP contribution in [0.3, 0.4) is 0 Å². The molecule has 100 valence electrons. The van der Waals surface area contributed by atoms with E-state index in [0.29, 0.717) is 12.3 Å². The maximum absolute atomic E-state index is 11.2. The molecule has 0 fully saturated rings. The molecule has 0 amide bonds. The van der Waals surface area contributed by atoms with Gasteiger partial charge in [-0.05, 0) is 12.3 Å². The Labute approximate surface area is 104 Å². The van der Waals surface area contributed by atoms with Crippen LogP contribution in [0.2, 0.25) is 0 Å². The Hall–Kier alpha value is -1.06. The van der Waals surface area contributed by atoms with Crippen molar-refractivity contribution in [3.8, 4) is 0 Å². The van der Waals surface area contributed by atoms with Gasteiger partial charge in [-0.1, -0.05) is 47.0 Å². The highest BCUT2D eigenvalue weighted by Gasteiger charge is 2.12. The maximum Gasteiger partial charge on any atom is 0.358 e. The lowest BCUT2D eigenvalue weighted by molar-refractivity contribution is -0.261. The van der Waals surface area contributed by atoms with Crippen molar-refractivity contribution in [2.75, 3.05) is 0 Å². The molecule has 0 aromatic rings. The van der Waals surface area contributed by atoms with E-state index >= 15 is 0 Å². The highest BCUT2D eigenvalue weighted by Crippen LogP contribution is 2.10. The minimum Gasteiger partial charge on any atom is -0.247 e. The van der Waals surface area contributed by atoms with E-state index in [1.54, 1.807) is 13.8 Å². The van der Waals surface area contributed by atoms with Crippen molar-refractivity contribution in [1.29, 1.82) is 0 Å². The summed E-state index contributed by atoms with van der Waals surface area (Å²) in [4.78, 5) is 30.9. The van der Waals surface area contributed by atoms with Crippen molar-refractivity contribution in [3.63, 3.8) is 0 Å². The second-order valence-corrected chi connectivity index (χ2v) is 5.01. The number of unbranched alkanes of at least 4 members (excludes halogenated alkanes) is 2. The number of hydrogen-bond acceptors (Lipinski definition) is 4. The second-order valence-electron chi connectivity index (χ2n) is 5.01. The third-order valence-electron chi connectivity index (χ3n) is 2.35. The van der Waals surface area contributed by atoms with Crippen LogP contribution >= 0.6 is 0 Å². The van der Waals surface area contributed by atoms with Gasteiger partial charge in [0.1, 0.15) is 0 Å².